The minimum atomic E-state index is -1.37. The van der Waals surface area contributed by atoms with Gasteiger partial charge in [-0.15, -0.1) is 0 Å². The number of esters is 2. The number of hydrogen-bond acceptors (Lipinski definition) is 4. The highest BCUT2D eigenvalue weighted by molar-refractivity contribution is 9.10. The SMILES string of the molecule is COC(=O)C(C(=O)OC)(C(C)Br)C(C)Br. The highest BCUT2D eigenvalue weighted by Crippen LogP contribution is 2.38. The Hall–Kier alpha value is -0.100. The molecule has 0 N–H and O–H groups in total. The van der Waals surface area contributed by atoms with Gasteiger partial charge in [-0.1, -0.05) is 45.7 Å². The smallest absolute Gasteiger partial charge is 0.325 e. The summed E-state index contributed by atoms with van der Waals surface area (Å²) in [5.41, 5.74) is -1.37. The third kappa shape index (κ3) is 2.53. The molecule has 0 aromatic heterocycles. The molecular formula is C9H14Br2O4. The van der Waals surface area contributed by atoms with Gasteiger partial charge in [-0.2, -0.15) is 0 Å². The van der Waals surface area contributed by atoms with Crippen molar-refractivity contribution in [1.29, 1.82) is 0 Å². The van der Waals surface area contributed by atoms with Crippen LogP contribution in [0.25, 0.3) is 0 Å². The molecule has 0 aliphatic rings. The predicted octanol–water partition coefficient (Wildman–Crippen LogP) is 1.89. The zero-order chi connectivity index (χ0) is 12.2. The lowest BCUT2D eigenvalue weighted by Crippen LogP contribution is -2.52. The van der Waals surface area contributed by atoms with Crippen LogP contribution in [0.15, 0.2) is 0 Å². The summed E-state index contributed by atoms with van der Waals surface area (Å²) in [6, 6.07) is 0. The van der Waals surface area contributed by atoms with Gasteiger partial charge in [0.2, 0.25) is 0 Å². The van der Waals surface area contributed by atoms with E-state index in [0.717, 1.165) is 0 Å². The molecule has 0 bridgehead atoms. The summed E-state index contributed by atoms with van der Waals surface area (Å²) in [6.45, 7) is 3.40. The minimum absolute atomic E-state index is 0.403. The predicted molar refractivity (Wildman–Crippen MR) is 63.2 cm³/mol. The fraction of sp³-hybridized carbons (Fsp3) is 0.778. The van der Waals surface area contributed by atoms with E-state index in [9.17, 15) is 9.59 Å². The number of hydrogen-bond donors (Lipinski definition) is 0. The van der Waals surface area contributed by atoms with E-state index in [1.165, 1.54) is 14.2 Å². The molecule has 0 saturated carbocycles. The standard InChI is InChI=1S/C9H14Br2O4/c1-5(10)9(6(2)11,7(12)14-3)8(13)15-4/h5-6H,1-4H3. The van der Waals surface area contributed by atoms with Crippen molar-refractivity contribution in [1.82, 2.24) is 0 Å². The normalized spacial score (nSPS) is 15.3. The molecule has 0 saturated heterocycles. The van der Waals surface area contributed by atoms with Crippen LogP contribution in [0.3, 0.4) is 0 Å². The zero-order valence-electron chi connectivity index (χ0n) is 9.04. The third-order valence-corrected chi connectivity index (χ3v) is 3.75. The Bertz CT molecular complexity index is 224. The lowest BCUT2D eigenvalue weighted by atomic mass is 9.82. The first-order valence-electron chi connectivity index (χ1n) is 4.30. The van der Waals surface area contributed by atoms with Crippen molar-refractivity contribution in [3.05, 3.63) is 0 Å². The molecule has 88 valence electrons. The first kappa shape index (κ1) is 14.9. The second-order valence-corrected chi connectivity index (χ2v) is 5.83. The van der Waals surface area contributed by atoms with Crippen molar-refractivity contribution in [3.8, 4) is 0 Å². The number of carbonyl (C=O) groups excluding carboxylic acids is 2. The van der Waals surface area contributed by atoms with Gasteiger partial charge in [-0.05, 0) is 0 Å². The van der Waals surface area contributed by atoms with Crippen LogP contribution in [0.1, 0.15) is 13.8 Å². The molecule has 0 spiro atoms. The summed E-state index contributed by atoms with van der Waals surface area (Å²) in [7, 11) is 2.48. The van der Waals surface area contributed by atoms with Crippen LogP contribution >= 0.6 is 31.9 Å². The molecule has 0 heterocycles. The monoisotopic (exact) mass is 344 g/mol. The Morgan fingerprint density at radius 3 is 1.40 bits per heavy atom. The third-order valence-electron chi connectivity index (χ3n) is 2.30. The molecule has 0 fully saturated rings. The molecule has 6 heteroatoms. The number of carbonyl (C=O) groups is 2. The average molecular weight is 346 g/mol. The number of halogens is 2. The molecule has 0 aliphatic heterocycles. The van der Waals surface area contributed by atoms with Gasteiger partial charge in [0.25, 0.3) is 0 Å². The molecule has 0 radical (unpaired) electrons. The van der Waals surface area contributed by atoms with Crippen LogP contribution < -0.4 is 0 Å². The van der Waals surface area contributed by atoms with Crippen molar-refractivity contribution in [2.75, 3.05) is 14.2 Å². The van der Waals surface area contributed by atoms with Crippen molar-refractivity contribution in [3.63, 3.8) is 0 Å². The van der Waals surface area contributed by atoms with Crippen LogP contribution in [0.2, 0.25) is 0 Å². The van der Waals surface area contributed by atoms with Crippen molar-refractivity contribution in [2.45, 2.75) is 23.5 Å². The van der Waals surface area contributed by atoms with E-state index < -0.39 is 27.0 Å². The van der Waals surface area contributed by atoms with E-state index in [4.69, 9.17) is 0 Å². The van der Waals surface area contributed by atoms with E-state index >= 15 is 0 Å². The van der Waals surface area contributed by atoms with Crippen molar-refractivity contribution < 1.29 is 19.1 Å². The molecule has 2 unspecified atom stereocenters. The van der Waals surface area contributed by atoms with Crippen molar-refractivity contribution in [2.24, 2.45) is 5.41 Å². The van der Waals surface area contributed by atoms with Gasteiger partial charge < -0.3 is 9.47 Å². The molecule has 0 rings (SSSR count). The van der Waals surface area contributed by atoms with Gasteiger partial charge in [-0.3, -0.25) is 9.59 Å². The first-order valence-corrected chi connectivity index (χ1v) is 6.13. The Morgan fingerprint density at radius 2 is 1.27 bits per heavy atom. The lowest BCUT2D eigenvalue weighted by molar-refractivity contribution is -0.168. The summed E-state index contributed by atoms with van der Waals surface area (Å²) in [5.74, 6) is -1.24. The molecule has 4 nitrogen and oxygen atoms in total. The maximum absolute atomic E-state index is 11.7. The average Bonchev–Trinajstić information content (AvgIpc) is 2.16. The number of alkyl halides is 2. The minimum Gasteiger partial charge on any atom is -0.468 e. The van der Waals surface area contributed by atoms with Crippen LogP contribution in [-0.4, -0.2) is 35.8 Å². The van der Waals surface area contributed by atoms with Crippen LogP contribution in [0, 0.1) is 5.41 Å². The molecule has 0 aromatic rings. The lowest BCUT2D eigenvalue weighted by Gasteiger charge is -2.33. The Kier molecular flexibility index (Phi) is 5.80. The second kappa shape index (κ2) is 5.84. The van der Waals surface area contributed by atoms with Crippen LogP contribution in [-0.2, 0) is 19.1 Å². The number of methoxy groups -OCH3 is 2. The van der Waals surface area contributed by atoms with E-state index in [1.807, 2.05) is 0 Å². The van der Waals surface area contributed by atoms with Gasteiger partial charge in [0.05, 0.1) is 14.2 Å². The van der Waals surface area contributed by atoms with E-state index in [1.54, 1.807) is 13.8 Å². The quantitative estimate of drug-likeness (QED) is 0.443. The van der Waals surface area contributed by atoms with Gasteiger partial charge in [0.15, 0.2) is 5.41 Å². The topological polar surface area (TPSA) is 52.6 Å². The summed E-state index contributed by atoms with van der Waals surface area (Å²) in [5, 5.41) is 0. The first-order chi connectivity index (χ1) is 6.85. The molecular weight excluding hydrogens is 332 g/mol. The Morgan fingerprint density at radius 1 is 1.00 bits per heavy atom. The maximum Gasteiger partial charge on any atom is 0.325 e. The Balaban J connectivity index is 5.47. The summed E-state index contributed by atoms with van der Waals surface area (Å²) in [4.78, 5) is 22.7. The largest absolute Gasteiger partial charge is 0.468 e. The van der Waals surface area contributed by atoms with E-state index in [0.29, 0.717) is 0 Å². The van der Waals surface area contributed by atoms with E-state index in [2.05, 4.69) is 41.3 Å². The number of ether oxygens (including phenoxy) is 2. The highest BCUT2D eigenvalue weighted by Gasteiger charge is 2.55. The van der Waals surface area contributed by atoms with Crippen LogP contribution in [0.5, 0.6) is 0 Å². The highest BCUT2D eigenvalue weighted by atomic mass is 79.9. The van der Waals surface area contributed by atoms with Gasteiger partial charge in [0.1, 0.15) is 0 Å². The van der Waals surface area contributed by atoms with Gasteiger partial charge in [-0.25, -0.2) is 0 Å². The Labute approximate surface area is 106 Å². The summed E-state index contributed by atoms with van der Waals surface area (Å²) < 4.78 is 9.32. The van der Waals surface area contributed by atoms with E-state index in [-0.39, 0.29) is 0 Å². The zero-order valence-corrected chi connectivity index (χ0v) is 12.2. The molecule has 2 atom stereocenters. The van der Waals surface area contributed by atoms with Gasteiger partial charge >= 0.3 is 11.9 Å². The maximum atomic E-state index is 11.7. The molecule has 0 aliphatic carbocycles. The summed E-state index contributed by atoms with van der Waals surface area (Å²) >= 11 is 6.50. The van der Waals surface area contributed by atoms with Crippen LogP contribution in [0.4, 0.5) is 0 Å². The molecule has 0 aromatic carbocycles. The van der Waals surface area contributed by atoms with Gasteiger partial charge in [0, 0.05) is 9.65 Å². The van der Waals surface area contributed by atoms with Crippen molar-refractivity contribution >= 4 is 43.8 Å². The summed E-state index contributed by atoms with van der Waals surface area (Å²) in [6.07, 6.45) is 0. The fourth-order valence-corrected chi connectivity index (χ4v) is 3.28. The molecule has 15 heavy (non-hydrogen) atoms. The fourth-order valence-electron chi connectivity index (χ4n) is 1.39. The molecule has 0 amide bonds. The second-order valence-electron chi connectivity index (χ2n) is 3.08. The number of rotatable bonds is 4.